The molecular weight excluding hydrogens is 509 g/mol. The van der Waals surface area contributed by atoms with E-state index in [1.807, 2.05) is 0 Å². The lowest BCUT2D eigenvalue weighted by molar-refractivity contribution is -0.141. The number of nitrogens with one attached hydrogen (secondary N) is 1. The van der Waals surface area contributed by atoms with Crippen LogP contribution in [0.3, 0.4) is 0 Å². The van der Waals surface area contributed by atoms with Crippen molar-refractivity contribution in [3.05, 3.63) is 52.2 Å². The van der Waals surface area contributed by atoms with Crippen molar-refractivity contribution in [2.45, 2.75) is 64.8 Å². The fraction of sp³-hybridized carbons (Fsp3) is 0.500. The van der Waals surface area contributed by atoms with Crippen LogP contribution < -0.4 is 15.1 Å². The van der Waals surface area contributed by atoms with Crippen LogP contribution in [0.25, 0.3) is 0 Å². The van der Waals surface area contributed by atoms with Crippen LogP contribution in [0.1, 0.15) is 63.3 Å². The van der Waals surface area contributed by atoms with Crippen LogP contribution in [0.15, 0.2) is 30.3 Å². The minimum Gasteiger partial charge on any atom is -0.444 e. The maximum Gasteiger partial charge on any atom is 0.433 e. The summed E-state index contributed by atoms with van der Waals surface area (Å²) in [6.07, 6.45) is -3.46. The topological polar surface area (TPSA) is 74.8 Å². The first-order valence-electron chi connectivity index (χ1n) is 12.0. The van der Waals surface area contributed by atoms with Crippen molar-refractivity contribution < 1.29 is 27.5 Å². The molecule has 1 saturated heterocycles. The summed E-state index contributed by atoms with van der Waals surface area (Å²) in [4.78, 5) is 32.3. The van der Waals surface area contributed by atoms with Gasteiger partial charge in [-0.2, -0.15) is 13.2 Å². The second kappa shape index (κ2) is 11.2. The molecule has 11 heteroatoms. The van der Waals surface area contributed by atoms with E-state index >= 15 is 0 Å². The zero-order valence-electron chi connectivity index (χ0n) is 21.6. The average Bonchev–Trinajstić information content (AvgIpc) is 3.34. The Balaban J connectivity index is 1.78. The Morgan fingerprint density at radius 3 is 2.38 bits per heavy atom. The molecule has 7 nitrogen and oxygen atoms in total. The van der Waals surface area contributed by atoms with E-state index in [0.29, 0.717) is 34.9 Å². The number of nitrogens with zero attached hydrogens (tertiary/aromatic N) is 3. The molecule has 0 spiro atoms. The van der Waals surface area contributed by atoms with E-state index in [-0.39, 0.29) is 18.3 Å². The van der Waals surface area contributed by atoms with E-state index in [0.717, 1.165) is 18.9 Å². The molecule has 2 amide bonds. The molecule has 2 heterocycles. The highest BCUT2D eigenvalue weighted by Crippen LogP contribution is 2.36. The minimum absolute atomic E-state index is 0.146. The molecule has 3 rings (SSSR count). The minimum atomic E-state index is -4.58. The number of alkyl halides is 3. The molecule has 202 valence electrons. The number of pyridine rings is 1. The van der Waals surface area contributed by atoms with Crippen molar-refractivity contribution in [2.24, 2.45) is 0 Å². The van der Waals surface area contributed by atoms with Gasteiger partial charge >= 0.3 is 12.3 Å². The van der Waals surface area contributed by atoms with E-state index < -0.39 is 29.5 Å². The number of ether oxygens (including phenoxy) is 1. The van der Waals surface area contributed by atoms with Gasteiger partial charge in [0.1, 0.15) is 11.3 Å². The number of rotatable bonds is 6. The number of aromatic nitrogens is 1. The van der Waals surface area contributed by atoms with Crippen LogP contribution in [0, 0.1) is 0 Å². The Morgan fingerprint density at radius 1 is 1.16 bits per heavy atom. The van der Waals surface area contributed by atoms with Gasteiger partial charge in [-0.1, -0.05) is 23.7 Å². The lowest BCUT2D eigenvalue weighted by Gasteiger charge is -2.28. The fourth-order valence-electron chi connectivity index (χ4n) is 4.03. The van der Waals surface area contributed by atoms with Crippen LogP contribution in [0.5, 0.6) is 0 Å². The first-order valence-corrected chi connectivity index (χ1v) is 12.4. The molecule has 0 aliphatic carbocycles. The smallest absolute Gasteiger partial charge is 0.433 e. The molecule has 1 fully saturated rings. The van der Waals surface area contributed by atoms with Gasteiger partial charge in [0.2, 0.25) is 5.91 Å². The third-order valence-electron chi connectivity index (χ3n) is 6.01. The monoisotopic (exact) mass is 540 g/mol. The van der Waals surface area contributed by atoms with Crippen LogP contribution in [-0.4, -0.2) is 42.7 Å². The summed E-state index contributed by atoms with van der Waals surface area (Å²) in [5.74, 6) is -0.807. The summed E-state index contributed by atoms with van der Waals surface area (Å²) in [5.41, 5.74) is -0.0278. The number of likely N-dealkylation sites (N-methyl/N-ethyl adjacent to an activating group) is 1. The third-order valence-corrected chi connectivity index (χ3v) is 6.36. The number of carbonyl (C=O) groups excluding carboxylic acids is 2. The van der Waals surface area contributed by atoms with Gasteiger partial charge in [-0.3, -0.25) is 4.79 Å². The van der Waals surface area contributed by atoms with E-state index in [4.69, 9.17) is 16.3 Å². The summed E-state index contributed by atoms with van der Waals surface area (Å²) in [6.45, 7) is 8.29. The summed E-state index contributed by atoms with van der Waals surface area (Å²) in [5, 5.41) is 3.01. The molecule has 0 bridgehead atoms. The van der Waals surface area contributed by atoms with Gasteiger partial charge < -0.3 is 19.9 Å². The maximum atomic E-state index is 13.4. The van der Waals surface area contributed by atoms with Crippen molar-refractivity contribution in [3.8, 4) is 0 Å². The molecular formula is C26H32ClF3N4O3. The largest absolute Gasteiger partial charge is 0.444 e. The van der Waals surface area contributed by atoms with E-state index in [9.17, 15) is 22.8 Å². The highest BCUT2D eigenvalue weighted by Gasteiger charge is 2.35. The normalized spacial score (nSPS) is 14.9. The Bertz CT molecular complexity index is 1140. The van der Waals surface area contributed by atoms with Gasteiger partial charge in [0.05, 0.1) is 11.6 Å². The second-order valence-electron chi connectivity index (χ2n) is 10.1. The van der Waals surface area contributed by atoms with Crippen molar-refractivity contribution in [2.75, 3.05) is 29.9 Å². The average molecular weight is 541 g/mol. The molecule has 1 atom stereocenters. The fourth-order valence-corrected chi connectivity index (χ4v) is 4.29. The standard InChI is InChI=1S/C26H32ClF3N4O3/c1-16(17-8-9-18(19(27)14-17)15-31-24(36)37-25(2,3)4)23(35)33(5)20-10-11-21(26(28,29)30)32-22(20)34-12-6-7-13-34/h8-11,14,16H,6-7,12-13,15H2,1-5H3,(H,31,36). The van der Waals surface area contributed by atoms with Crippen LogP contribution in [-0.2, 0) is 22.3 Å². The van der Waals surface area contributed by atoms with Gasteiger partial charge in [0, 0.05) is 31.7 Å². The van der Waals surface area contributed by atoms with Gasteiger partial charge in [0.25, 0.3) is 0 Å². The molecule has 1 aliphatic heterocycles. The Labute approximate surface area is 219 Å². The van der Waals surface area contributed by atoms with Gasteiger partial charge in [-0.25, -0.2) is 9.78 Å². The second-order valence-corrected chi connectivity index (χ2v) is 10.5. The summed E-state index contributed by atoms with van der Waals surface area (Å²) in [7, 11) is 1.53. The van der Waals surface area contributed by atoms with Gasteiger partial charge in [0.15, 0.2) is 5.82 Å². The predicted octanol–water partition coefficient (Wildman–Crippen LogP) is 6.15. The molecule has 37 heavy (non-hydrogen) atoms. The van der Waals surface area contributed by atoms with E-state index in [2.05, 4.69) is 10.3 Å². The molecule has 2 aromatic rings. The summed E-state index contributed by atoms with van der Waals surface area (Å²) >= 11 is 6.42. The summed E-state index contributed by atoms with van der Waals surface area (Å²) < 4.78 is 45.2. The zero-order valence-corrected chi connectivity index (χ0v) is 22.3. The number of halogens is 4. The number of hydrogen-bond donors (Lipinski definition) is 1. The molecule has 0 radical (unpaired) electrons. The third kappa shape index (κ3) is 7.28. The SMILES string of the molecule is CC(C(=O)N(C)c1ccc(C(F)(F)F)nc1N1CCCC1)c1ccc(CNC(=O)OC(C)(C)C)c(Cl)c1. The molecule has 1 aromatic heterocycles. The molecule has 0 saturated carbocycles. The molecule has 1 N–H and O–H groups in total. The van der Waals surface area contributed by atoms with Gasteiger partial charge in [-0.05, 0) is 69.9 Å². The highest BCUT2D eigenvalue weighted by atomic mass is 35.5. The number of anilines is 2. The van der Waals surface area contributed by atoms with Crippen molar-refractivity contribution in [3.63, 3.8) is 0 Å². The van der Waals surface area contributed by atoms with E-state index in [1.54, 1.807) is 50.8 Å². The molecule has 1 unspecified atom stereocenters. The maximum absolute atomic E-state index is 13.4. The van der Waals surface area contributed by atoms with Crippen molar-refractivity contribution in [1.29, 1.82) is 0 Å². The van der Waals surface area contributed by atoms with Crippen LogP contribution >= 0.6 is 11.6 Å². The lowest BCUT2D eigenvalue weighted by atomic mass is 9.98. The number of alkyl carbamates (subject to hydrolysis) is 1. The number of benzene rings is 1. The Kier molecular flexibility index (Phi) is 8.62. The number of amides is 2. The van der Waals surface area contributed by atoms with Crippen LogP contribution in [0.4, 0.5) is 29.5 Å². The molecule has 1 aliphatic rings. The van der Waals surface area contributed by atoms with Gasteiger partial charge in [-0.15, -0.1) is 0 Å². The number of hydrogen-bond acceptors (Lipinski definition) is 5. The first kappa shape index (κ1) is 28.6. The lowest BCUT2D eigenvalue weighted by Crippen LogP contribution is -2.33. The van der Waals surface area contributed by atoms with E-state index in [1.165, 1.54) is 18.0 Å². The Morgan fingerprint density at radius 2 is 1.81 bits per heavy atom. The number of carbonyl (C=O) groups is 2. The van der Waals surface area contributed by atoms with Crippen molar-refractivity contribution in [1.82, 2.24) is 10.3 Å². The quantitative estimate of drug-likeness (QED) is 0.476. The highest BCUT2D eigenvalue weighted by molar-refractivity contribution is 6.31. The molecule has 1 aromatic carbocycles. The van der Waals surface area contributed by atoms with Crippen LogP contribution in [0.2, 0.25) is 5.02 Å². The Hall–Kier alpha value is -3.01. The first-order chi connectivity index (χ1) is 17.2. The van der Waals surface area contributed by atoms with Crippen molar-refractivity contribution >= 4 is 35.1 Å². The summed E-state index contributed by atoms with van der Waals surface area (Å²) in [6, 6.07) is 7.30. The predicted molar refractivity (Wildman–Crippen MR) is 137 cm³/mol. The zero-order chi connectivity index (χ0) is 27.5.